The highest BCUT2D eigenvalue weighted by Crippen LogP contribution is 2.29. The van der Waals surface area contributed by atoms with Crippen molar-refractivity contribution in [2.45, 2.75) is 44.9 Å². The molecule has 0 radical (unpaired) electrons. The third kappa shape index (κ3) is 5.91. The molecular formula is C24H27FN4O3. The van der Waals surface area contributed by atoms with E-state index in [-0.39, 0.29) is 24.5 Å². The minimum atomic E-state index is -0.281. The fraction of sp³-hybridized carbons (Fsp3) is 0.375. The van der Waals surface area contributed by atoms with E-state index in [4.69, 9.17) is 9.26 Å². The third-order valence-electron chi connectivity index (χ3n) is 5.49. The summed E-state index contributed by atoms with van der Waals surface area (Å²) >= 11 is 0. The van der Waals surface area contributed by atoms with Crippen LogP contribution in [0, 0.1) is 5.82 Å². The molecule has 32 heavy (non-hydrogen) atoms. The molecule has 2 aromatic carbocycles. The van der Waals surface area contributed by atoms with Crippen molar-refractivity contribution >= 4 is 6.03 Å². The van der Waals surface area contributed by atoms with Crippen LogP contribution >= 0.6 is 0 Å². The Balaban J connectivity index is 1.29. The summed E-state index contributed by atoms with van der Waals surface area (Å²) in [6.45, 7) is 1.70. The Bertz CT molecular complexity index is 994. The number of rotatable bonds is 8. The van der Waals surface area contributed by atoms with Gasteiger partial charge in [-0.1, -0.05) is 47.6 Å². The number of ether oxygens (including phenoxy) is 1. The van der Waals surface area contributed by atoms with Gasteiger partial charge in [0, 0.05) is 13.1 Å². The number of urea groups is 1. The third-order valence-corrected chi connectivity index (χ3v) is 5.49. The van der Waals surface area contributed by atoms with Crippen LogP contribution in [0.1, 0.15) is 48.1 Å². The van der Waals surface area contributed by atoms with Gasteiger partial charge in [0.15, 0.2) is 5.82 Å². The lowest BCUT2D eigenvalue weighted by atomic mass is 10.0. The molecular weight excluding hydrogens is 411 g/mol. The Labute approximate surface area is 186 Å². The number of amides is 2. The second kappa shape index (κ2) is 10.9. The topological polar surface area (TPSA) is 80.5 Å². The molecule has 1 aliphatic heterocycles. The average Bonchev–Trinajstić information content (AvgIpc) is 3.30. The Hall–Kier alpha value is -3.26. The van der Waals surface area contributed by atoms with Crippen LogP contribution in [0.2, 0.25) is 0 Å². The largest absolute Gasteiger partial charge is 0.367 e. The molecule has 0 bridgehead atoms. The first-order valence-electron chi connectivity index (χ1n) is 10.9. The highest BCUT2D eigenvalue weighted by atomic mass is 19.1. The van der Waals surface area contributed by atoms with Crippen molar-refractivity contribution in [1.82, 2.24) is 20.4 Å². The molecule has 1 aliphatic rings. The first-order valence-corrected chi connectivity index (χ1v) is 10.9. The molecule has 0 spiro atoms. The van der Waals surface area contributed by atoms with Crippen LogP contribution in [-0.4, -0.2) is 34.2 Å². The van der Waals surface area contributed by atoms with Crippen LogP contribution in [0.5, 0.6) is 0 Å². The Morgan fingerprint density at radius 3 is 2.72 bits per heavy atom. The molecule has 1 saturated heterocycles. The normalized spacial score (nSPS) is 16.2. The van der Waals surface area contributed by atoms with Crippen LogP contribution < -0.4 is 5.32 Å². The zero-order chi connectivity index (χ0) is 22.2. The van der Waals surface area contributed by atoms with Gasteiger partial charge in [-0.2, -0.15) is 4.98 Å². The summed E-state index contributed by atoms with van der Waals surface area (Å²) in [4.78, 5) is 19.1. The average molecular weight is 439 g/mol. The van der Waals surface area contributed by atoms with Gasteiger partial charge in [-0.3, -0.25) is 0 Å². The first kappa shape index (κ1) is 22.0. The fourth-order valence-corrected chi connectivity index (χ4v) is 3.80. The zero-order valence-corrected chi connectivity index (χ0v) is 17.9. The van der Waals surface area contributed by atoms with E-state index in [9.17, 15) is 9.18 Å². The van der Waals surface area contributed by atoms with Crippen LogP contribution in [-0.2, 0) is 24.4 Å². The second-order valence-electron chi connectivity index (χ2n) is 7.84. The zero-order valence-electron chi connectivity index (χ0n) is 17.9. The predicted molar refractivity (Wildman–Crippen MR) is 116 cm³/mol. The van der Waals surface area contributed by atoms with Crippen molar-refractivity contribution in [2.24, 2.45) is 0 Å². The molecule has 2 heterocycles. The van der Waals surface area contributed by atoms with Gasteiger partial charge in [-0.25, -0.2) is 9.18 Å². The van der Waals surface area contributed by atoms with Crippen LogP contribution in [0.25, 0.3) is 0 Å². The number of piperidine rings is 1. The molecule has 0 saturated carbocycles. The lowest BCUT2D eigenvalue weighted by molar-refractivity contribution is 0.0849. The smallest absolute Gasteiger partial charge is 0.318 e. The van der Waals surface area contributed by atoms with Crippen molar-refractivity contribution in [1.29, 1.82) is 0 Å². The first-order chi connectivity index (χ1) is 15.7. The number of hydrogen-bond donors (Lipinski definition) is 1. The molecule has 168 valence electrons. The standard InChI is InChI=1S/C24H27FN4O3/c25-20-11-9-19(10-12-20)16-31-17-22-27-23(28-32-22)21-8-4-5-15-29(21)24(30)26-14-13-18-6-2-1-3-7-18/h1-3,6-7,9-12,21H,4-5,8,13-17H2,(H,26,30). The minimum Gasteiger partial charge on any atom is -0.367 e. The van der Waals surface area contributed by atoms with Gasteiger partial charge < -0.3 is 19.5 Å². The van der Waals surface area contributed by atoms with E-state index < -0.39 is 0 Å². The molecule has 1 atom stereocenters. The molecule has 8 heteroatoms. The number of carbonyl (C=O) groups excluding carboxylic acids is 1. The summed E-state index contributed by atoms with van der Waals surface area (Å²) in [5, 5.41) is 7.11. The molecule has 4 rings (SSSR count). The number of carbonyl (C=O) groups is 1. The summed E-state index contributed by atoms with van der Waals surface area (Å²) in [5.41, 5.74) is 2.04. The van der Waals surface area contributed by atoms with Gasteiger partial charge in [0.2, 0.25) is 0 Å². The summed E-state index contributed by atoms with van der Waals surface area (Å²) in [7, 11) is 0. The molecule has 7 nitrogen and oxygen atoms in total. The summed E-state index contributed by atoms with van der Waals surface area (Å²) < 4.78 is 23.9. The maximum Gasteiger partial charge on any atom is 0.318 e. The maximum atomic E-state index is 13.0. The van der Waals surface area contributed by atoms with E-state index in [1.165, 1.54) is 17.7 Å². The number of aromatic nitrogens is 2. The quantitative estimate of drug-likeness (QED) is 0.564. The SMILES string of the molecule is O=C(NCCc1ccccc1)N1CCCCC1c1noc(COCc2ccc(F)cc2)n1. The highest BCUT2D eigenvalue weighted by Gasteiger charge is 2.31. The van der Waals surface area contributed by atoms with Crippen molar-refractivity contribution in [3.8, 4) is 0 Å². The van der Waals surface area contributed by atoms with Crippen LogP contribution in [0.15, 0.2) is 59.1 Å². The van der Waals surface area contributed by atoms with Gasteiger partial charge in [-0.05, 0) is 48.9 Å². The number of hydrogen-bond acceptors (Lipinski definition) is 5. The van der Waals surface area contributed by atoms with Crippen molar-refractivity contribution in [3.63, 3.8) is 0 Å². The van der Waals surface area contributed by atoms with E-state index in [1.807, 2.05) is 18.2 Å². The van der Waals surface area contributed by atoms with Gasteiger partial charge in [0.05, 0.1) is 12.6 Å². The number of nitrogens with zero attached hydrogens (tertiary/aromatic N) is 3. The monoisotopic (exact) mass is 438 g/mol. The number of benzene rings is 2. The summed E-state index contributed by atoms with van der Waals surface area (Å²) in [6, 6.07) is 15.9. The lowest BCUT2D eigenvalue weighted by Gasteiger charge is -2.33. The van der Waals surface area contributed by atoms with Crippen molar-refractivity contribution < 1.29 is 18.4 Å². The Morgan fingerprint density at radius 1 is 1.09 bits per heavy atom. The van der Waals surface area contributed by atoms with Crippen LogP contribution in [0.3, 0.4) is 0 Å². The van der Waals surface area contributed by atoms with E-state index in [2.05, 4.69) is 27.6 Å². The minimum absolute atomic E-state index is 0.107. The van der Waals surface area contributed by atoms with E-state index >= 15 is 0 Å². The number of likely N-dealkylation sites (tertiary alicyclic amines) is 1. The van der Waals surface area contributed by atoms with Crippen molar-refractivity contribution in [2.75, 3.05) is 13.1 Å². The molecule has 2 amide bonds. The van der Waals surface area contributed by atoms with E-state index in [0.717, 1.165) is 31.2 Å². The summed E-state index contributed by atoms with van der Waals surface area (Å²) in [5.74, 6) is 0.580. The summed E-state index contributed by atoms with van der Waals surface area (Å²) in [6.07, 6.45) is 3.53. The van der Waals surface area contributed by atoms with E-state index in [1.54, 1.807) is 17.0 Å². The fourth-order valence-electron chi connectivity index (χ4n) is 3.80. The van der Waals surface area contributed by atoms with Gasteiger partial charge in [-0.15, -0.1) is 0 Å². The van der Waals surface area contributed by atoms with Gasteiger partial charge in [0.25, 0.3) is 5.89 Å². The molecule has 3 aromatic rings. The Kier molecular flexibility index (Phi) is 7.45. The molecule has 0 aliphatic carbocycles. The van der Waals surface area contributed by atoms with Gasteiger partial charge in [0.1, 0.15) is 12.4 Å². The van der Waals surface area contributed by atoms with Crippen LogP contribution in [0.4, 0.5) is 9.18 Å². The van der Waals surface area contributed by atoms with Crippen molar-refractivity contribution in [3.05, 3.63) is 83.3 Å². The lowest BCUT2D eigenvalue weighted by Crippen LogP contribution is -2.45. The number of nitrogens with one attached hydrogen (secondary N) is 1. The molecule has 1 N–H and O–H groups in total. The number of halogens is 1. The van der Waals surface area contributed by atoms with E-state index in [0.29, 0.717) is 31.4 Å². The molecule has 1 unspecified atom stereocenters. The molecule has 1 fully saturated rings. The maximum absolute atomic E-state index is 13.0. The highest BCUT2D eigenvalue weighted by molar-refractivity contribution is 5.74. The Morgan fingerprint density at radius 2 is 1.91 bits per heavy atom. The molecule has 1 aromatic heterocycles. The predicted octanol–water partition coefficient (Wildman–Crippen LogP) is 4.40. The second-order valence-corrected chi connectivity index (χ2v) is 7.84. The van der Waals surface area contributed by atoms with Gasteiger partial charge >= 0.3 is 6.03 Å².